The van der Waals surface area contributed by atoms with E-state index in [-0.39, 0.29) is 17.1 Å². The molecule has 0 saturated carbocycles. The summed E-state index contributed by atoms with van der Waals surface area (Å²) >= 11 is 0. The average molecular weight is 216 g/mol. The SMILES string of the molecule is N#Cc1ccnnc1-n1cc([N+](=O)[O-])cn1. The normalized spacial score (nSPS) is 9.69. The Morgan fingerprint density at radius 1 is 1.56 bits per heavy atom. The minimum Gasteiger partial charge on any atom is -0.258 e. The van der Waals surface area contributed by atoms with Gasteiger partial charge in [0.15, 0.2) is 5.82 Å². The molecule has 8 heteroatoms. The third kappa shape index (κ3) is 1.57. The minimum atomic E-state index is -0.577. The molecule has 2 aromatic rings. The molecule has 0 fully saturated rings. The van der Waals surface area contributed by atoms with Gasteiger partial charge in [-0.2, -0.15) is 15.5 Å². The fraction of sp³-hybridized carbons (Fsp3) is 0. The predicted molar refractivity (Wildman–Crippen MR) is 50.5 cm³/mol. The molecule has 0 aliphatic carbocycles. The van der Waals surface area contributed by atoms with E-state index in [1.54, 1.807) is 0 Å². The van der Waals surface area contributed by atoms with Gasteiger partial charge in [0, 0.05) is 0 Å². The zero-order valence-electron chi connectivity index (χ0n) is 7.81. The van der Waals surface area contributed by atoms with Gasteiger partial charge in [0.2, 0.25) is 0 Å². The molecule has 0 spiro atoms. The highest BCUT2D eigenvalue weighted by atomic mass is 16.6. The fourth-order valence-corrected chi connectivity index (χ4v) is 1.10. The van der Waals surface area contributed by atoms with E-state index >= 15 is 0 Å². The standard InChI is InChI=1S/C8H4N6O2/c9-3-6-1-2-10-12-8(6)13-5-7(4-11-13)14(15)16/h1-2,4-5H. The second-order valence-electron chi connectivity index (χ2n) is 2.78. The molecule has 0 amide bonds. The van der Waals surface area contributed by atoms with E-state index in [0.717, 1.165) is 10.9 Å². The molecule has 2 heterocycles. The van der Waals surface area contributed by atoms with Crippen LogP contribution in [-0.4, -0.2) is 24.9 Å². The number of nitro groups is 1. The lowest BCUT2D eigenvalue weighted by Gasteiger charge is -1.98. The molecule has 0 unspecified atom stereocenters. The van der Waals surface area contributed by atoms with Gasteiger partial charge in [-0.25, -0.2) is 4.68 Å². The van der Waals surface area contributed by atoms with Gasteiger partial charge in [0.25, 0.3) is 0 Å². The molecule has 2 rings (SSSR count). The average Bonchev–Trinajstić information content (AvgIpc) is 2.78. The number of hydrogen-bond donors (Lipinski definition) is 0. The van der Waals surface area contributed by atoms with E-state index in [1.807, 2.05) is 6.07 Å². The minimum absolute atomic E-state index is 0.165. The van der Waals surface area contributed by atoms with Gasteiger partial charge in [-0.05, 0) is 6.07 Å². The second kappa shape index (κ2) is 3.74. The third-order valence-corrected chi connectivity index (χ3v) is 1.82. The lowest BCUT2D eigenvalue weighted by Crippen LogP contribution is -2.02. The van der Waals surface area contributed by atoms with Crippen molar-refractivity contribution in [1.29, 1.82) is 5.26 Å². The molecule has 0 atom stereocenters. The molecule has 2 aromatic heterocycles. The molecule has 0 aliphatic heterocycles. The molecule has 0 aliphatic rings. The summed E-state index contributed by atoms with van der Waals surface area (Å²) in [6.45, 7) is 0. The van der Waals surface area contributed by atoms with Gasteiger partial charge in [0.05, 0.1) is 11.1 Å². The lowest BCUT2D eigenvalue weighted by molar-refractivity contribution is -0.384. The fourth-order valence-electron chi connectivity index (χ4n) is 1.10. The maximum absolute atomic E-state index is 10.5. The number of nitrogens with zero attached hydrogens (tertiary/aromatic N) is 6. The summed E-state index contributed by atoms with van der Waals surface area (Å²) in [5, 5.41) is 30.3. The summed E-state index contributed by atoms with van der Waals surface area (Å²) in [5.41, 5.74) is 0.0718. The van der Waals surface area contributed by atoms with E-state index in [4.69, 9.17) is 5.26 Å². The molecule has 0 saturated heterocycles. The van der Waals surface area contributed by atoms with Crippen LogP contribution in [0.5, 0.6) is 0 Å². The van der Waals surface area contributed by atoms with Crippen molar-refractivity contribution in [3.63, 3.8) is 0 Å². The van der Waals surface area contributed by atoms with Crippen LogP contribution in [0.4, 0.5) is 5.69 Å². The highest BCUT2D eigenvalue weighted by Gasteiger charge is 2.13. The Morgan fingerprint density at radius 3 is 3.00 bits per heavy atom. The Morgan fingerprint density at radius 2 is 2.38 bits per heavy atom. The van der Waals surface area contributed by atoms with E-state index < -0.39 is 4.92 Å². The molecule has 0 N–H and O–H groups in total. The van der Waals surface area contributed by atoms with Crippen molar-refractivity contribution in [2.24, 2.45) is 0 Å². The van der Waals surface area contributed by atoms with Crippen molar-refractivity contribution in [3.05, 3.63) is 40.3 Å². The van der Waals surface area contributed by atoms with Crippen LogP contribution in [0.1, 0.15) is 5.56 Å². The van der Waals surface area contributed by atoms with Crippen LogP contribution in [-0.2, 0) is 0 Å². The third-order valence-electron chi connectivity index (χ3n) is 1.82. The summed E-state index contributed by atoms with van der Waals surface area (Å²) in [4.78, 5) is 9.87. The van der Waals surface area contributed by atoms with Gasteiger partial charge >= 0.3 is 5.69 Å². The Kier molecular flexibility index (Phi) is 2.27. The van der Waals surface area contributed by atoms with Gasteiger partial charge in [-0.1, -0.05) is 0 Å². The van der Waals surface area contributed by atoms with Crippen molar-refractivity contribution >= 4 is 5.69 Å². The smallest absolute Gasteiger partial charge is 0.258 e. The van der Waals surface area contributed by atoms with Crippen molar-refractivity contribution in [1.82, 2.24) is 20.0 Å². The van der Waals surface area contributed by atoms with Crippen molar-refractivity contribution in [2.45, 2.75) is 0 Å². The summed E-state index contributed by atoms with van der Waals surface area (Å²) in [7, 11) is 0. The van der Waals surface area contributed by atoms with Crippen LogP contribution >= 0.6 is 0 Å². The molecular formula is C8H4N6O2. The van der Waals surface area contributed by atoms with Crippen molar-refractivity contribution in [3.8, 4) is 11.9 Å². The number of hydrogen-bond acceptors (Lipinski definition) is 6. The summed E-state index contributed by atoms with van der Waals surface area (Å²) in [6, 6.07) is 3.35. The molecular weight excluding hydrogens is 212 g/mol. The van der Waals surface area contributed by atoms with Crippen molar-refractivity contribution in [2.75, 3.05) is 0 Å². The van der Waals surface area contributed by atoms with Crippen LogP contribution in [0, 0.1) is 21.4 Å². The molecule has 16 heavy (non-hydrogen) atoms. The van der Waals surface area contributed by atoms with Crippen LogP contribution < -0.4 is 0 Å². The van der Waals surface area contributed by atoms with Crippen molar-refractivity contribution < 1.29 is 4.92 Å². The highest BCUT2D eigenvalue weighted by Crippen LogP contribution is 2.13. The Labute approximate surface area is 88.9 Å². The summed E-state index contributed by atoms with van der Waals surface area (Å²) < 4.78 is 1.14. The quantitative estimate of drug-likeness (QED) is 0.532. The van der Waals surface area contributed by atoms with E-state index in [1.165, 1.54) is 18.5 Å². The second-order valence-corrected chi connectivity index (χ2v) is 2.78. The molecule has 0 bridgehead atoms. The predicted octanol–water partition coefficient (Wildman–Crippen LogP) is 0.442. The summed E-state index contributed by atoms with van der Waals surface area (Å²) in [5.74, 6) is 0.165. The van der Waals surface area contributed by atoms with Gasteiger partial charge in [-0.15, -0.1) is 5.10 Å². The van der Waals surface area contributed by atoms with Gasteiger partial charge < -0.3 is 0 Å². The van der Waals surface area contributed by atoms with Gasteiger partial charge in [0.1, 0.15) is 24.0 Å². The first kappa shape index (κ1) is 9.72. The zero-order valence-corrected chi connectivity index (χ0v) is 7.81. The molecule has 78 valence electrons. The molecule has 8 nitrogen and oxygen atoms in total. The largest absolute Gasteiger partial charge is 0.307 e. The van der Waals surface area contributed by atoms with E-state index in [9.17, 15) is 10.1 Å². The Balaban J connectivity index is 2.51. The monoisotopic (exact) mass is 216 g/mol. The molecule has 0 radical (unpaired) electrons. The lowest BCUT2D eigenvalue weighted by atomic mass is 10.3. The van der Waals surface area contributed by atoms with Crippen LogP contribution in [0.25, 0.3) is 5.82 Å². The number of nitriles is 1. The van der Waals surface area contributed by atoms with Gasteiger partial charge in [-0.3, -0.25) is 10.1 Å². The van der Waals surface area contributed by atoms with E-state index in [0.29, 0.717) is 0 Å². The topological polar surface area (TPSA) is 111 Å². The Hall–Kier alpha value is -2.82. The zero-order chi connectivity index (χ0) is 11.5. The first-order valence-corrected chi connectivity index (χ1v) is 4.13. The van der Waals surface area contributed by atoms with Crippen LogP contribution in [0.2, 0.25) is 0 Å². The Bertz CT molecular complexity index is 584. The van der Waals surface area contributed by atoms with E-state index in [2.05, 4.69) is 15.3 Å². The first-order chi connectivity index (χ1) is 7.72. The number of rotatable bonds is 2. The maximum Gasteiger partial charge on any atom is 0.307 e. The van der Waals surface area contributed by atoms with Crippen LogP contribution in [0.15, 0.2) is 24.7 Å². The highest BCUT2D eigenvalue weighted by molar-refractivity contribution is 5.42. The first-order valence-electron chi connectivity index (χ1n) is 4.13. The number of aromatic nitrogens is 4. The summed E-state index contributed by atoms with van der Waals surface area (Å²) in [6.07, 6.45) is 3.61. The molecule has 0 aromatic carbocycles. The maximum atomic E-state index is 10.5. The van der Waals surface area contributed by atoms with Crippen LogP contribution in [0.3, 0.4) is 0 Å².